The van der Waals surface area contributed by atoms with E-state index >= 15 is 0 Å². The quantitative estimate of drug-likeness (QED) is 0.503. The lowest BCUT2D eigenvalue weighted by atomic mass is 10.1. The molecule has 1 amide bonds. The normalized spacial score (nSPS) is 11.3. The number of rotatable bonds is 3. The van der Waals surface area contributed by atoms with Gasteiger partial charge in [-0.2, -0.15) is 9.97 Å². The second-order valence-corrected chi connectivity index (χ2v) is 6.95. The van der Waals surface area contributed by atoms with E-state index in [0.29, 0.717) is 10.8 Å². The minimum Gasteiger partial charge on any atom is -0.492 e. The number of fused-ring (bicyclic) bond motifs is 2. The zero-order valence-electron chi connectivity index (χ0n) is 14.0. The zero-order valence-corrected chi connectivity index (χ0v) is 14.8. The number of nitrogens with zero attached hydrogens (tertiary/aromatic N) is 5. The van der Waals surface area contributed by atoms with E-state index in [1.165, 1.54) is 27.8 Å². The summed E-state index contributed by atoms with van der Waals surface area (Å²) < 4.78 is 2.51. The van der Waals surface area contributed by atoms with Crippen LogP contribution in [0.15, 0.2) is 18.5 Å². The van der Waals surface area contributed by atoms with E-state index in [0.717, 1.165) is 15.8 Å². The molecule has 0 aliphatic heterocycles. The van der Waals surface area contributed by atoms with Crippen molar-refractivity contribution in [2.45, 2.75) is 20.4 Å². The van der Waals surface area contributed by atoms with E-state index < -0.39 is 0 Å². The number of nitrogens with one attached hydrogen (secondary N) is 1. The number of hydrogen-bond donors (Lipinski definition) is 3. The van der Waals surface area contributed by atoms with Crippen LogP contribution in [0, 0.1) is 13.8 Å². The van der Waals surface area contributed by atoms with Gasteiger partial charge in [-0.25, -0.2) is 9.97 Å². The number of benzene rings is 1. The summed E-state index contributed by atoms with van der Waals surface area (Å²) in [5.41, 5.74) is 9.22. The molecule has 0 saturated carbocycles. The predicted octanol–water partition coefficient (Wildman–Crippen LogP) is 1.98. The summed E-state index contributed by atoms with van der Waals surface area (Å²) in [6.45, 7) is 4.03. The van der Waals surface area contributed by atoms with E-state index in [1.54, 1.807) is 0 Å². The highest BCUT2D eigenvalue weighted by atomic mass is 32.1. The van der Waals surface area contributed by atoms with Gasteiger partial charge in [0.15, 0.2) is 16.3 Å². The number of carbonyl (C=O) groups is 1. The van der Waals surface area contributed by atoms with Gasteiger partial charge in [0.1, 0.15) is 6.54 Å². The summed E-state index contributed by atoms with van der Waals surface area (Å²) in [4.78, 5) is 28.5. The monoisotopic (exact) mass is 369 g/mol. The van der Waals surface area contributed by atoms with Gasteiger partial charge in [0.05, 0.1) is 16.5 Å². The molecule has 0 aliphatic carbocycles. The summed E-state index contributed by atoms with van der Waals surface area (Å²) in [7, 11) is 0. The molecule has 4 N–H and O–H groups in total. The van der Waals surface area contributed by atoms with E-state index in [2.05, 4.69) is 31.3 Å². The summed E-state index contributed by atoms with van der Waals surface area (Å²) in [6.07, 6.45) is 1.41. The number of aryl methyl sites for hydroxylation is 2. The molecule has 9 nitrogen and oxygen atoms in total. The Morgan fingerprint density at radius 2 is 2.04 bits per heavy atom. The molecule has 0 unspecified atom stereocenters. The number of nitrogens with two attached hydrogens (primary N) is 1. The Labute approximate surface area is 151 Å². The second kappa shape index (κ2) is 5.92. The molecule has 0 radical (unpaired) electrons. The molecule has 1 aromatic carbocycles. The fourth-order valence-corrected chi connectivity index (χ4v) is 3.57. The van der Waals surface area contributed by atoms with E-state index in [-0.39, 0.29) is 29.8 Å². The van der Waals surface area contributed by atoms with Crippen LogP contribution in [-0.2, 0) is 11.3 Å². The summed E-state index contributed by atoms with van der Waals surface area (Å²) >= 11 is 1.42. The number of aromatic nitrogens is 5. The third-order valence-electron chi connectivity index (χ3n) is 4.03. The van der Waals surface area contributed by atoms with Gasteiger partial charge in [0, 0.05) is 0 Å². The van der Waals surface area contributed by atoms with Gasteiger partial charge < -0.3 is 20.7 Å². The van der Waals surface area contributed by atoms with Gasteiger partial charge in [0.2, 0.25) is 17.7 Å². The highest BCUT2D eigenvalue weighted by Gasteiger charge is 2.15. The van der Waals surface area contributed by atoms with Gasteiger partial charge in [0.25, 0.3) is 0 Å². The number of aromatic hydroxyl groups is 1. The molecule has 4 aromatic rings. The molecule has 0 saturated heterocycles. The SMILES string of the molecule is Cc1cc2nc(NC(=O)Cn3cnc4c(O)nc(N)nc43)sc2cc1C. The average molecular weight is 369 g/mol. The number of anilines is 2. The minimum atomic E-state index is -0.316. The number of nitrogen functional groups attached to an aromatic ring is 1. The fourth-order valence-electron chi connectivity index (χ4n) is 2.61. The van der Waals surface area contributed by atoms with Gasteiger partial charge in [-0.15, -0.1) is 0 Å². The lowest BCUT2D eigenvalue weighted by Gasteiger charge is -2.04. The third kappa shape index (κ3) is 2.80. The lowest BCUT2D eigenvalue weighted by Crippen LogP contribution is -2.18. The first-order valence-electron chi connectivity index (χ1n) is 7.75. The molecule has 0 fully saturated rings. The topological polar surface area (TPSA) is 132 Å². The van der Waals surface area contributed by atoms with Crippen molar-refractivity contribution in [2.24, 2.45) is 0 Å². The maximum absolute atomic E-state index is 12.4. The number of amides is 1. The Hall–Kier alpha value is -3.27. The first kappa shape index (κ1) is 16.2. The maximum Gasteiger partial charge on any atom is 0.246 e. The molecular weight excluding hydrogens is 354 g/mol. The van der Waals surface area contributed by atoms with E-state index in [9.17, 15) is 9.90 Å². The van der Waals surface area contributed by atoms with Crippen molar-refractivity contribution in [3.63, 3.8) is 0 Å². The summed E-state index contributed by atoms with van der Waals surface area (Å²) in [5, 5.41) is 13.1. The number of hydrogen-bond acceptors (Lipinski definition) is 8. The predicted molar refractivity (Wildman–Crippen MR) is 99.1 cm³/mol. The number of imidazole rings is 1. The molecule has 10 heteroatoms. The van der Waals surface area contributed by atoms with Crippen molar-refractivity contribution < 1.29 is 9.90 Å². The lowest BCUT2D eigenvalue weighted by molar-refractivity contribution is -0.116. The molecule has 4 rings (SSSR count). The van der Waals surface area contributed by atoms with Crippen molar-refractivity contribution >= 4 is 49.7 Å². The van der Waals surface area contributed by atoms with Crippen LogP contribution < -0.4 is 11.1 Å². The van der Waals surface area contributed by atoms with E-state index in [1.807, 2.05) is 19.9 Å². The van der Waals surface area contributed by atoms with Crippen LogP contribution in [0.3, 0.4) is 0 Å². The Morgan fingerprint density at radius 3 is 2.85 bits per heavy atom. The first-order valence-corrected chi connectivity index (χ1v) is 8.57. The van der Waals surface area contributed by atoms with Crippen molar-refractivity contribution in [3.05, 3.63) is 29.6 Å². The van der Waals surface area contributed by atoms with Crippen molar-refractivity contribution in [1.29, 1.82) is 0 Å². The van der Waals surface area contributed by atoms with Crippen LogP contribution in [0.1, 0.15) is 11.1 Å². The van der Waals surface area contributed by atoms with Crippen LogP contribution in [0.25, 0.3) is 21.4 Å². The molecule has 0 spiro atoms. The number of thiazole rings is 1. The second-order valence-electron chi connectivity index (χ2n) is 5.92. The van der Waals surface area contributed by atoms with Crippen molar-refractivity contribution in [1.82, 2.24) is 24.5 Å². The summed E-state index contributed by atoms with van der Waals surface area (Å²) in [5.74, 6) is -0.689. The van der Waals surface area contributed by atoms with Crippen LogP contribution in [0.4, 0.5) is 11.1 Å². The molecule has 3 heterocycles. The van der Waals surface area contributed by atoms with Crippen LogP contribution in [-0.4, -0.2) is 35.5 Å². The highest BCUT2D eigenvalue weighted by Crippen LogP contribution is 2.28. The van der Waals surface area contributed by atoms with Crippen LogP contribution in [0.5, 0.6) is 5.88 Å². The third-order valence-corrected chi connectivity index (χ3v) is 4.96. The Bertz CT molecular complexity index is 1130. The summed E-state index contributed by atoms with van der Waals surface area (Å²) in [6, 6.07) is 4.06. The highest BCUT2D eigenvalue weighted by molar-refractivity contribution is 7.22. The molecule has 132 valence electrons. The zero-order chi connectivity index (χ0) is 18.4. The van der Waals surface area contributed by atoms with Gasteiger partial charge >= 0.3 is 0 Å². The molecule has 0 bridgehead atoms. The van der Waals surface area contributed by atoms with Crippen LogP contribution in [0.2, 0.25) is 0 Å². The minimum absolute atomic E-state index is 0.0413. The average Bonchev–Trinajstić information content (AvgIpc) is 3.12. The molecule has 3 aromatic heterocycles. The Morgan fingerprint density at radius 1 is 1.27 bits per heavy atom. The van der Waals surface area contributed by atoms with Gasteiger partial charge in [-0.1, -0.05) is 11.3 Å². The maximum atomic E-state index is 12.4. The first-order chi connectivity index (χ1) is 12.4. The Kier molecular flexibility index (Phi) is 3.69. The smallest absolute Gasteiger partial charge is 0.246 e. The largest absolute Gasteiger partial charge is 0.492 e. The Balaban J connectivity index is 1.58. The van der Waals surface area contributed by atoms with E-state index in [4.69, 9.17) is 5.73 Å². The fraction of sp³-hybridized carbons (Fsp3) is 0.188. The van der Waals surface area contributed by atoms with Gasteiger partial charge in [-0.05, 0) is 37.1 Å². The van der Waals surface area contributed by atoms with Crippen molar-refractivity contribution in [2.75, 3.05) is 11.1 Å². The number of carbonyl (C=O) groups excluding carboxylic acids is 1. The molecular formula is C16H15N7O2S. The molecule has 0 aliphatic rings. The van der Waals surface area contributed by atoms with Crippen molar-refractivity contribution in [3.8, 4) is 5.88 Å². The molecule has 0 atom stereocenters. The van der Waals surface area contributed by atoms with Crippen LogP contribution >= 0.6 is 11.3 Å². The molecule has 26 heavy (non-hydrogen) atoms. The van der Waals surface area contributed by atoms with Gasteiger partial charge in [-0.3, -0.25) is 4.79 Å². The standard InChI is InChI=1S/C16H15N7O2S/c1-7-3-9-10(4-8(7)2)26-16(19-9)20-11(24)5-23-6-18-12-13(23)21-15(17)22-14(12)25/h3-4,6H,5H2,1-2H3,(H,19,20,24)(H3,17,21,22,25).